The Morgan fingerprint density at radius 2 is 1.77 bits per heavy atom. The fourth-order valence-electron chi connectivity index (χ4n) is 1.38. The van der Waals surface area contributed by atoms with E-state index >= 15 is 0 Å². The molecule has 0 fully saturated rings. The molecule has 120 valence electrons. The van der Waals surface area contributed by atoms with Crippen LogP contribution in [0.1, 0.15) is 12.0 Å². The zero-order valence-electron chi connectivity index (χ0n) is 11.7. The summed E-state index contributed by atoms with van der Waals surface area (Å²) in [5.74, 6) is -2.08. The van der Waals surface area contributed by atoms with Crippen LogP contribution in [0.2, 0.25) is 0 Å². The highest BCUT2D eigenvalue weighted by Crippen LogP contribution is 2.01. The van der Waals surface area contributed by atoms with E-state index in [9.17, 15) is 19.2 Å². The lowest BCUT2D eigenvalue weighted by Crippen LogP contribution is -2.32. The van der Waals surface area contributed by atoms with Crippen LogP contribution < -0.4 is 11.1 Å². The zero-order valence-corrected chi connectivity index (χ0v) is 11.7. The van der Waals surface area contributed by atoms with Gasteiger partial charge in [0.2, 0.25) is 6.41 Å². The van der Waals surface area contributed by atoms with Gasteiger partial charge in [0, 0.05) is 0 Å². The maximum atomic E-state index is 10.4. The third kappa shape index (κ3) is 9.21. The number of hydrogen-bond donors (Lipinski definition) is 4. The average molecular weight is 310 g/mol. The van der Waals surface area contributed by atoms with Crippen LogP contribution in [0.5, 0.6) is 0 Å². The number of nitrogens with two attached hydrogens (primary N) is 1. The van der Waals surface area contributed by atoms with Crippen LogP contribution in [0.3, 0.4) is 0 Å². The summed E-state index contributed by atoms with van der Waals surface area (Å²) in [7, 11) is 0. The Bertz CT molecular complexity index is 491. The number of amides is 1. The molecule has 1 aromatic carbocycles. The fourth-order valence-corrected chi connectivity index (χ4v) is 1.38. The minimum absolute atomic E-state index is 0.294. The van der Waals surface area contributed by atoms with Gasteiger partial charge in [0.1, 0.15) is 12.3 Å². The Morgan fingerprint density at radius 3 is 2.18 bits per heavy atom. The molecule has 0 saturated carbocycles. The molecule has 8 nitrogen and oxygen atoms in total. The van der Waals surface area contributed by atoms with E-state index in [0.717, 1.165) is 5.56 Å². The molecule has 0 heterocycles. The molecule has 1 rings (SSSR count). The van der Waals surface area contributed by atoms with Crippen molar-refractivity contribution in [3.8, 4) is 0 Å². The molecule has 0 aliphatic rings. The van der Waals surface area contributed by atoms with Crippen LogP contribution in [0.25, 0.3) is 0 Å². The number of carbonyl (C=O) groups is 4. The van der Waals surface area contributed by atoms with Gasteiger partial charge in [-0.1, -0.05) is 30.3 Å². The second-order valence-corrected chi connectivity index (χ2v) is 4.26. The highest BCUT2D eigenvalue weighted by molar-refractivity contribution is 5.75. The predicted octanol–water partition coefficient (Wildman–Crippen LogP) is -0.584. The number of aldehydes is 1. The van der Waals surface area contributed by atoms with Crippen molar-refractivity contribution >= 4 is 24.6 Å². The van der Waals surface area contributed by atoms with E-state index in [1.165, 1.54) is 0 Å². The van der Waals surface area contributed by atoms with E-state index < -0.39 is 24.0 Å². The summed E-state index contributed by atoms with van der Waals surface area (Å²) in [4.78, 5) is 39.9. The molecular weight excluding hydrogens is 292 g/mol. The smallest absolute Gasteiger partial charge is 0.320 e. The Hall–Kier alpha value is -2.74. The number of rotatable bonds is 8. The number of carboxylic acids is 2. The van der Waals surface area contributed by atoms with E-state index in [1.807, 2.05) is 35.6 Å². The van der Waals surface area contributed by atoms with Crippen molar-refractivity contribution in [2.45, 2.75) is 24.9 Å². The standard InChI is InChI=1S/C9H11NO2.C5H7NO4/c10-8(9(11)12)6-7-4-2-1-3-5-7;7-2-4(6-3-8)1-5(9)10/h1-5,8H,6,10H2,(H,11,12);2-4H,1H2,(H,6,8)(H,9,10)/t8-;/m0./s1. The molecule has 0 aliphatic carbocycles. The van der Waals surface area contributed by atoms with Crippen LogP contribution in [-0.2, 0) is 25.6 Å². The average Bonchev–Trinajstić information content (AvgIpc) is 2.48. The Kier molecular flexibility index (Phi) is 9.61. The van der Waals surface area contributed by atoms with Crippen molar-refractivity contribution in [2.75, 3.05) is 0 Å². The lowest BCUT2D eigenvalue weighted by Gasteiger charge is -2.04. The van der Waals surface area contributed by atoms with E-state index in [4.69, 9.17) is 15.9 Å². The molecule has 0 aliphatic heterocycles. The van der Waals surface area contributed by atoms with E-state index in [2.05, 4.69) is 0 Å². The van der Waals surface area contributed by atoms with Crippen LogP contribution in [0.4, 0.5) is 0 Å². The minimum atomic E-state index is -1.12. The second-order valence-electron chi connectivity index (χ2n) is 4.26. The summed E-state index contributed by atoms with van der Waals surface area (Å²) in [6.45, 7) is 0. The van der Waals surface area contributed by atoms with Crippen LogP contribution in [0, 0.1) is 0 Å². The number of nitrogens with one attached hydrogen (secondary N) is 1. The summed E-state index contributed by atoms with van der Waals surface area (Å²) in [5, 5.41) is 18.7. The van der Waals surface area contributed by atoms with Crippen LogP contribution in [0.15, 0.2) is 30.3 Å². The zero-order chi connectivity index (χ0) is 17.0. The highest BCUT2D eigenvalue weighted by atomic mass is 16.4. The van der Waals surface area contributed by atoms with Crippen molar-refractivity contribution in [3.63, 3.8) is 0 Å². The van der Waals surface area contributed by atoms with Gasteiger partial charge >= 0.3 is 11.9 Å². The molecule has 0 aromatic heterocycles. The number of carboxylic acid groups (broad SMARTS) is 2. The molecule has 22 heavy (non-hydrogen) atoms. The van der Waals surface area contributed by atoms with Crippen molar-refractivity contribution in [1.29, 1.82) is 0 Å². The summed E-state index contributed by atoms with van der Waals surface area (Å²) >= 11 is 0. The first-order valence-electron chi connectivity index (χ1n) is 6.29. The topological polar surface area (TPSA) is 147 Å². The number of benzene rings is 1. The van der Waals surface area contributed by atoms with Gasteiger partial charge in [-0.05, 0) is 12.0 Å². The molecule has 8 heteroatoms. The van der Waals surface area contributed by atoms with E-state index in [0.29, 0.717) is 19.1 Å². The number of hydrogen-bond acceptors (Lipinski definition) is 5. The van der Waals surface area contributed by atoms with Gasteiger partial charge in [-0.2, -0.15) is 0 Å². The number of aliphatic carboxylic acids is 2. The first-order chi connectivity index (χ1) is 10.4. The Balaban J connectivity index is 0.000000409. The molecule has 1 unspecified atom stereocenters. The predicted molar refractivity (Wildman–Crippen MR) is 77.1 cm³/mol. The van der Waals surface area contributed by atoms with Gasteiger partial charge < -0.3 is 26.1 Å². The molecule has 0 spiro atoms. The largest absolute Gasteiger partial charge is 0.481 e. The van der Waals surface area contributed by atoms with Crippen molar-refractivity contribution < 1.29 is 29.4 Å². The summed E-state index contributed by atoms with van der Waals surface area (Å²) < 4.78 is 0. The third-order valence-electron chi connectivity index (χ3n) is 2.46. The molecule has 0 radical (unpaired) electrons. The molecule has 0 saturated heterocycles. The van der Waals surface area contributed by atoms with Gasteiger partial charge in [0.15, 0.2) is 0 Å². The molecule has 2 atom stereocenters. The van der Waals surface area contributed by atoms with Gasteiger partial charge in [-0.15, -0.1) is 0 Å². The van der Waals surface area contributed by atoms with E-state index in [1.54, 1.807) is 0 Å². The SMILES string of the molecule is N[C@@H](Cc1ccccc1)C(=O)O.O=CNC(C=O)CC(=O)O. The fraction of sp³-hybridized carbons (Fsp3) is 0.286. The van der Waals surface area contributed by atoms with Gasteiger partial charge in [-0.3, -0.25) is 14.4 Å². The molecule has 1 amide bonds. The summed E-state index contributed by atoms with van der Waals surface area (Å²) in [6.07, 6.45) is 0.683. The van der Waals surface area contributed by atoms with E-state index in [-0.39, 0.29) is 6.42 Å². The summed E-state index contributed by atoms with van der Waals surface area (Å²) in [6, 6.07) is 7.64. The first-order valence-corrected chi connectivity index (χ1v) is 6.29. The van der Waals surface area contributed by atoms with Crippen molar-refractivity contribution in [2.24, 2.45) is 5.73 Å². The van der Waals surface area contributed by atoms with Gasteiger partial charge in [0.05, 0.1) is 12.5 Å². The van der Waals surface area contributed by atoms with Crippen molar-refractivity contribution in [1.82, 2.24) is 5.32 Å². The summed E-state index contributed by atoms with van der Waals surface area (Å²) in [5.41, 5.74) is 6.30. The van der Waals surface area contributed by atoms with Gasteiger partial charge in [-0.25, -0.2) is 0 Å². The molecule has 0 bridgehead atoms. The second kappa shape index (κ2) is 11.0. The molecule has 1 aromatic rings. The molecular formula is C14H18N2O6. The minimum Gasteiger partial charge on any atom is -0.481 e. The normalized spacial score (nSPS) is 12.0. The highest BCUT2D eigenvalue weighted by Gasteiger charge is 2.11. The van der Waals surface area contributed by atoms with Gasteiger partial charge in [0.25, 0.3) is 0 Å². The lowest BCUT2D eigenvalue weighted by molar-refractivity contribution is -0.139. The Labute approximate surface area is 126 Å². The maximum absolute atomic E-state index is 10.4. The number of carbonyl (C=O) groups excluding carboxylic acids is 2. The monoisotopic (exact) mass is 310 g/mol. The van der Waals surface area contributed by atoms with Crippen LogP contribution in [-0.4, -0.2) is 46.9 Å². The lowest BCUT2D eigenvalue weighted by atomic mass is 10.1. The maximum Gasteiger partial charge on any atom is 0.320 e. The van der Waals surface area contributed by atoms with Crippen LogP contribution >= 0.6 is 0 Å². The molecule has 5 N–H and O–H groups in total. The third-order valence-corrected chi connectivity index (χ3v) is 2.46. The first kappa shape index (κ1) is 19.3. The Morgan fingerprint density at radius 1 is 1.18 bits per heavy atom. The van der Waals surface area contributed by atoms with Crippen molar-refractivity contribution in [3.05, 3.63) is 35.9 Å². The quantitative estimate of drug-likeness (QED) is 0.469.